The zero-order valence-corrected chi connectivity index (χ0v) is 6.97. The minimum atomic E-state index is 0.413. The molecule has 0 radical (unpaired) electrons. The van der Waals surface area contributed by atoms with Crippen LogP contribution < -0.4 is 5.73 Å². The monoisotopic (exact) mass is 175 g/mol. The molecule has 4 nitrogen and oxygen atoms in total. The molecule has 0 atom stereocenters. The van der Waals surface area contributed by atoms with E-state index in [0.29, 0.717) is 18.1 Å². The first-order valence-electron chi connectivity index (χ1n) is 3.96. The van der Waals surface area contributed by atoms with Crippen LogP contribution in [-0.2, 0) is 6.54 Å². The van der Waals surface area contributed by atoms with Gasteiger partial charge in [-0.3, -0.25) is 0 Å². The van der Waals surface area contributed by atoms with E-state index >= 15 is 0 Å². The molecule has 0 saturated carbocycles. The van der Waals surface area contributed by atoms with Crippen LogP contribution in [0.2, 0.25) is 0 Å². The molecule has 2 heterocycles. The Morgan fingerprint density at radius 2 is 2.31 bits per heavy atom. The molecule has 0 spiro atoms. The Bertz CT molecular complexity index is 384. The van der Waals surface area contributed by atoms with E-state index in [1.54, 1.807) is 24.6 Å². The molecule has 2 aromatic heterocycles. The first kappa shape index (κ1) is 7.94. The second-order valence-electron chi connectivity index (χ2n) is 2.55. The molecule has 0 amide bonds. The summed E-state index contributed by atoms with van der Waals surface area (Å²) in [4.78, 5) is 8.27. The molecule has 0 aromatic carbocycles. The lowest BCUT2D eigenvalue weighted by Crippen LogP contribution is -2.00. The van der Waals surface area contributed by atoms with Crippen molar-refractivity contribution in [2.75, 3.05) is 0 Å². The molecule has 0 aliphatic heterocycles. The van der Waals surface area contributed by atoms with Crippen molar-refractivity contribution in [2.24, 2.45) is 5.73 Å². The van der Waals surface area contributed by atoms with E-state index in [9.17, 15) is 0 Å². The SMILES string of the molecule is NCc1ccnc(-c2ccco2)n1. The van der Waals surface area contributed by atoms with Crippen LogP contribution in [0.15, 0.2) is 35.1 Å². The highest BCUT2D eigenvalue weighted by Crippen LogP contribution is 2.14. The van der Waals surface area contributed by atoms with Crippen LogP contribution in [0.25, 0.3) is 11.6 Å². The molecule has 0 unspecified atom stereocenters. The zero-order valence-electron chi connectivity index (χ0n) is 6.97. The molecule has 66 valence electrons. The van der Waals surface area contributed by atoms with E-state index in [1.165, 1.54) is 0 Å². The first-order valence-corrected chi connectivity index (χ1v) is 3.96. The van der Waals surface area contributed by atoms with Crippen molar-refractivity contribution in [2.45, 2.75) is 6.54 Å². The van der Waals surface area contributed by atoms with Gasteiger partial charge in [0.2, 0.25) is 0 Å². The maximum absolute atomic E-state index is 5.45. The summed E-state index contributed by atoms with van der Waals surface area (Å²) in [6.45, 7) is 0.413. The van der Waals surface area contributed by atoms with Crippen LogP contribution in [0.5, 0.6) is 0 Å². The van der Waals surface area contributed by atoms with Crippen LogP contribution >= 0.6 is 0 Å². The molecule has 4 heteroatoms. The molecular formula is C9H9N3O. The van der Waals surface area contributed by atoms with Crippen LogP contribution in [-0.4, -0.2) is 9.97 Å². The maximum Gasteiger partial charge on any atom is 0.195 e. The Morgan fingerprint density at radius 1 is 1.38 bits per heavy atom. The zero-order chi connectivity index (χ0) is 9.10. The van der Waals surface area contributed by atoms with Crippen molar-refractivity contribution >= 4 is 0 Å². The molecule has 2 N–H and O–H groups in total. The van der Waals surface area contributed by atoms with Crippen LogP contribution in [0.4, 0.5) is 0 Å². The van der Waals surface area contributed by atoms with E-state index in [2.05, 4.69) is 9.97 Å². The van der Waals surface area contributed by atoms with E-state index < -0.39 is 0 Å². The number of nitrogens with zero attached hydrogens (tertiary/aromatic N) is 2. The fraction of sp³-hybridized carbons (Fsp3) is 0.111. The van der Waals surface area contributed by atoms with Gasteiger partial charge in [-0.1, -0.05) is 0 Å². The topological polar surface area (TPSA) is 64.9 Å². The van der Waals surface area contributed by atoms with Gasteiger partial charge in [0.15, 0.2) is 11.6 Å². The second-order valence-corrected chi connectivity index (χ2v) is 2.55. The molecule has 2 aromatic rings. The Kier molecular flexibility index (Phi) is 2.06. The number of aromatic nitrogens is 2. The normalized spacial score (nSPS) is 10.2. The van der Waals surface area contributed by atoms with Gasteiger partial charge >= 0.3 is 0 Å². The smallest absolute Gasteiger partial charge is 0.195 e. The molecule has 0 fully saturated rings. The van der Waals surface area contributed by atoms with Gasteiger partial charge in [0.1, 0.15) is 0 Å². The highest BCUT2D eigenvalue weighted by molar-refractivity contribution is 5.45. The van der Waals surface area contributed by atoms with E-state index in [0.717, 1.165) is 5.69 Å². The number of hydrogen-bond acceptors (Lipinski definition) is 4. The third kappa shape index (κ3) is 1.57. The average molecular weight is 175 g/mol. The Hall–Kier alpha value is -1.68. The summed E-state index contributed by atoms with van der Waals surface area (Å²) in [6, 6.07) is 5.40. The summed E-state index contributed by atoms with van der Waals surface area (Å²) in [5, 5.41) is 0. The van der Waals surface area contributed by atoms with Crippen molar-refractivity contribution in [1.82, 2.24) is 9.97 Å². The van der Waals surface area contributed by atoms with Gasteiger partial charge in [0, 0.05) is 12.7 Å². The van der Waals surface area contributed by atoms with Crippen molar-refractivity contribution in [3.63, 3.8) is 0 Å². The molecule has 2 rings (SSSR count). The van der Waals surface area contributed by atoms with Gasteiger partial charge in [0.25, 0.3) is 0 Å². The predicted octanol–water partition coefficient (Wildman–Crippen LogP) is 1.20. The van der Waals surface area contributed by atoms with E-state index in [1.807, 2.05) is 6.07 Å². The quantitative estimate of drug-likeness (QED) is 0.744. The van der Waals surface area contributed by atoms with Gasteiger partial charge in [-0.15, -0.1) is 0 Å². The summed E-state index contributed by atoms with van der Waals surface area (Å²) < 4.78 is 5.15. The second kappa shape index (κ2) is 3.37. The minimum Gasteiger partial charge on any atom is -0.461 e. The van der Waals surface area contributed by atoms with Crippen molar-refractivity contribution < 1.29 is 4.42 Å². The fourth-order valence-corrected chi connectivity index (χ4v) is 1.03. The van der Waals surface area contributed by atoms with Crippen molar-refractivity contribution in [3.8, 4) is 11.6 Å². The van der Waals surface area contributed by atoms with Gasteiger partial charge in [-0.05, 0) is 18.2 Å². The number of rotatable bonds is 2. The summed E-state index contributed by atoms with van der Waals surface area (Å²) in [5.41, 5.74) is 6.26. The molecule has 0 aliphatic carbocycles. The van der Waals surface area contributed by atoms with Crippen LogP contribution in [0.1, 0.15) is 5.69 Å². The Morgan fingerprint density at radius 3 is 3.00 bits per heavy atom. The predicted molar refractivity (Wildman–Crippen MR) is 47.6 cm³/mol. The summed E-state index contributed by atoms with van der Waals surface area (Å²) in [6.07, 6.45) is 3.26. The number of furan rings is 1. The Labute approximate surface area is 75.4 Å². The van der Waals surface area contributed by atoms with Crippen LogP contribution in [0, 0.1) is 0 Å². The van der Waals surface area contributed by atoms with Gasteiger partial charge in [-0.25, -0.2) is 9.97 Å². The van der Waals surface area contributed by atoms with E-state index in [-0.39, 0.29) is 0 Å². The van der Waals surface area contributed by atoms with Gasteiger partial charge < -0.3 is 10.2 Å². The number of nitrogens with two attached hydrogens (primary N) is 1. The minimum absolute atomic E-state index is 0.413. The lowest BCUT2D eigenvalue weighted by Gasteiger charge is -1.97. The first-order chi connectivity index (χ1) is 6.40. The lowest BCUT2D eigenvalue weighted by atomic mass is 10.3. The maximum atomic E-state index is 5.45. The van der Waals surface area contributed by atoms with Gasteiger partial charge in [0.05, 0.1) is 12.0 Å². The fourth-order valence-electron chi connectivity index (χ4n) is 1.03. The molecule has 0 bridgehead atoms. The summed E-state index contributed by atoms with van der Waals surface area (Å²) in [5.74, 6) is 1.24. The lowest BCUT2D eigenvalue weighted by molar-refractivity contribution is 0.576. The summed E-state index contributed by atoms with van der Waals surface area (Å²) >= 11 is 0. The average Bonchev–Trinajstić information content (AvgIpc) is 2.71. The van der Waals surface area contributed by atoms with Crippen molar-refractivity contribution in [3.05, 3.63) is 36.4 Å². The molecule has 0 saturated heterocycles. The Balaban J connectivity index is 2.41. The highest BCUT2D eigenvalue weighted by Gasteiger charge is 2.03. The molecule has 0 aliphatic rings. The van der Waals surface area contributed by atoms with E-state index in [4.69, 9.17) is 10.2 Å². The third-order valence-electron chi connectivity index (χ3n) is 1.66. The van der Waals surface area contributed by atoms with Crippen LogP contribution in [0.3, 0.4) is 0 Å². The van der Waals surface area contributed by atoms with Crippen molar-refractivity contribution in [1.29, 1.82) is 0 Å². The largest absolute Gasteiger partial charge is 0.461 e. The third-order valence-corrected chi connectivity index (χ3v) is 1.66. The summed E-state index contributed by atoms with van der Waals surface area (Å²) in [7, 11) is 0. The molecule has 13 heavy (non-hydrogen) atoms. The molecular weight excluding hydrogens is 166 g/mol. The van der Waals surface area contributed by atoms with Gasteiger partial charge in [-0.2, -0.15) is 0 Å². The highest BCUT2D eigenvalue weighted by atomic mass is 16.3. The number of hydrogen-bond donors (Lipinski definition) is 1. The standard InChI is InChI=1S/C9H9N3O/c10-6-7-3-4-11-9(12-7)8-2-1-5-13-8/h1-5H,6,10H2.